The molecule has 1 aliphatic heterocycles. The van der Waals surface area contributed by atoms with E-state index in [0.717, 1.165) is 5.56 Å². The average Bonchev–Trinajstić information content (AvgIpc) is 2.77. The van der Waals surface area contributed by atoms with E-state index in [4.69, 9.17) is 9.47 Å². The number of halogens is 1. The Morgan fingerprint density at radius 2 is 1.90 bits per heavy atom. The number of amides is 1. The Kier molecular flexibility index (Phi) is 7.20. The molecule has 0 radical (unpaired) electrons. The first-order valence-electron chi connectivity index (χ1n) is 9.36. The quantitative estimate of drug-likeness (QED) is 0.676. The molecule has 1 aliphatic rings. The minimum Gasteiger partial charge on any atom is -0.494 e. The molecule has 0 aliphatic carbocycles. The van der Waals surface area contributed by atoms with E-state index in [1.807, 2.05) is 0 Å². The van der Waals surface area contributed by atoms with Crippen molar-refractivity contribution in [2.45, 2.75) is 11.4 Å². The molecule has 1 amide bonds. The molecule has 0 atom stereocenters. The van der Waals surface area contributed by atoms with Gasteiger partial charge in [0.2, 0.25) is 15.9 Å². The fraction of sp³-hybridized carbons (Fsp3) is 0.286. The van der Waals surface area contributed by atoms with Gasteiger partial charge in [0, 0.05) is 25.7 Å². The van der Waals surface area contributed by atoms with E-state index in [9.17, 15) is 17.6 Å². The summed E-state index contributed by atoms with van der Waals surface area (Å²) in [5, 5.41) is 2.71. The summed E-state index contributed by atoms with van der Waals surface area (Å²) in [6.45, 7) is 1.69. The summed E-state index contributed by atoms with van der Waals surface area (Å²) in [6.07, 6.45) is 2.80. The van der Waals surface area contributed by atoms with Crippen LogP contribution in [0.5, 0.6) is 5.75 Å². The van der Waals surface area contributed by atoms with Gasteiger partial charge in [0.05, 0.1) is 25.2 Å². The number of methoxy groups -OCH3 is 1. The Labute approximate surface area is 175 Å². The Hall–Kier alpha value is -2.75. The third kappa shape index (κ3) is 5.44. The number of benzene rings is 2. The lowest BCUT2D eigenvalue weighted by Gasteiger charge is -2.26. The van der Waals surface area contributed by atoms with Crippen LogP contribution in [0.1, 0.15) is 11.1 Å². The Balaban J connectivity index is 1.55. The number of carbonyl (C=O) groups is 1. The molecule has 1 fully saturated rings. The number of nitrogens with zero attached hydrogens (tertiary/aromatic N) is 1. The highest BCUT2D eigenvalue weighted by molar-refractivity contribution is 7.89. The molecule has 30 heavy (non-hydrogen) atoms. The van der Waals surface area contributed by atoms with Crippen molar-refractivity contribution < 1.29 is 27.1 Å². The van der Waals surface area contributed by atoms with Crippen LogP contribution in [0.25, 0.3) is 6.08 Å². The van der Waals surface area contributed by atoms with Gasteiger partial charge in [0.15, 0.2) is 11.6 Å². The standard InChI is InChI=1S/C21H23FN2O5S/c1-28-20-8-4-16(14-19(20)22)5-9-21(25)23-15-17-2-6-18(7-3-17)30(26,27)24-10-12-29-13-11-24/h2-9,14H,10-13,15H2,1H3,(H,23,25). The van der Waals surface area contributed by atoms with Gasteiger partial charge in [-0.2, -0.15) is 4.31 Å². The van der Waals surface area contributed by atoms with Crippen LogP contribution >= 0.6 is 0 Å². The summed E-state index contributed by atoms with van der Waals surface area (Å²) < 4.78 is 50.3. The molecule has 7 nitrogen and oxygen atoms in total. The molecule has 0 aromatic heterocycles. The monoisotopic (exact) mass is 434 g/mol. The maximum atomic E-state index is 13.7. The highest BCUT2D eigenvalue weighted by atomic mass is 32.2. The molecule has 1 saturated heterocycles. The van der Waals surface area contributed by atoms with E-state index in [2.05, 4.69) is 5.32 Å². The van der Waals surface area contributed by atoms with Crippen LogP contribution in [-0.4, -0.2) is 52.0 Å². The van der Waals surface area contributed by atoms with E-state index in [1.165, 1.54) is 47.8 Å². The summed E-state index contributed by atoms with van der Waals surface area (Å²) in [4.78, 5) is 12.2. The number of ether oxygens (including phenoxy) is 2. The van der Waals surface area contributed by atoms with Gasteiger partial charge in [-0.05, 0) is 41.5 Å². The molecule has 3 rings (SSSR count). The van der Waals surface area contributed by atoms with Gasteiger partial charge in [-0.3, -0.25) is 4.79 Å². The van der Waals surface area contributed by atoms with Gasteiger partial charge in [0.1, 0.15) is 0 Å². The molecule has 160 valence electrons. The molecular weight excluding hydrogens is 411 g/mol. The highest BCUT2D eigenvalue weighted by Crippen LogP contribution is 2.19. The van der Waals surface area contributed by atoms with Crippen molar-refractivity contribution >= 4 is 22.0 Å². The van der Waals surface area contributed by atoms with Gasteiger partial charge < -0.3 is 14.8 Å². The normalized spacial score (nSPS) is 15.3. The number of morpholine rings is 1. The van der Waals surface area contributed by atoms with Crippen molar-refractivity contribution in [3.63, 3.8) is 0 Å². The van der Waals surface area contributed by atoms with Gasteiger partial charge >= 0.3 is 0 Å². The van der Waals surface area contributed by atoms with Gasteiger partial charge in [-0.15, -0.1) is 0 Å². The highest BCUT2D eigenvalue weighted by Gasteiger charge is 2.26. The fourth-order valence-corrected chi connectivity index (χ4v) is 4.33. The topological polar surface area (TPSA) is 84.9 Å². The maximum absolute atomic E-state index is 13.7. The maximum Gasteiger partial charge on any atom is 0.244 e. The van der Waals surface area contributed by atoms with E-state index in [1.54, 1.807) is 18.2 Å². The van der Waals surface area contributed by atoms with Crippen molar-refractivity contribution in [3.8, 4) is 5.75 Å². The molecule has 2 aromatic carbocycles. The van der Waals surface area contributed by atoms with Crippen LogP contribution in [0.4, 0.5) is 4.39 Å². The van der Waals surface area contributed by atoms with Crippen LogP contribution in [0.2, 0.25) is 0 Å². The molecular formula is C21H23FN2O5S. The lowest BCUT2D eigenvalue weighted by atomic mass is 10.2. The van der Waals surface area contributed by atoms with Gasteiger partial charge in [0.25, 0.3) is 0 Å². The molecule has 0 unspecified atom stereocenters. The first kappa shape index (κ1) is 21.9. The predicted octanol–water partition coefficient (Wildman–Crippen LogP) is 2.18. The van der Waals surface area contributed by atoms with E-state index < -0.39 is 15.8 Å². The first-order chi connectivity index (χ1) is 14.4. The summed E-state index contributed by atoms with van der Waals surface area (Å²) in [5.74, 6) is -0.723. The number of rotatable bonds is 7. The Morgan fingerprint density at radius 1 is 1.20 bits per heavy atom. The third-order valence-electron chi connectivity index (χ3n) is 4.60. The van der Waals surface area contributed by atoms with Crippen molar-refractivity contribution in [1.82, 2.24) is 9.62 Å². The van der Waals surface area contributed by atoms with E-state index in [-0.39, 0.29) is 23.1 Å². The molecule has 1 heterocycles. The van der Waals surface area contributed by atoms with Crippen LogP contribution in [0, 0.1) is 5.82 Å². The van der Waals surface area contributed by atoms with E-state index in [0.29, 0.717) is 31.9 Å². The zero-order chi connectivity index (χ0) is 21.6. The van der Waals surface area contributed by atoms with Crippen LogP contribution in [0.3, 0.4) is 0 Å². The zero-order valence-corrected chi connectivity index (χ0v) is 17.3. The van der Waals surface area contributed by atoms with Crippen molar-refractivity contribution in [2.75, 3.05) is 33.4 Å². The molecule has 0 spiro atoms. The average molecular weight is 434 g/mol. The Bertz CT molecular complexity index is 1020. The van der Waals surface area contributed by atoms with Crippen molar-refractivity contribution in [3.05, 3.63) is 65.5 Å². The molecule has 9 heteroatoms. The van der Waals surface area contributed by atoms with Crippen LogP contribution < -0.4 is 10.1 Å². The number of hydrogen-bond acceptors (Lipinski definition) is 5. The first-order valence-corrected chi connectivity index (χ1v) is 10.8. The molecule has 0 saturated carbocycles. The second-order valence-electron chi connectivity index (χ2n) is 6.61. The summed E-state index contributed by atoms with van der Waals surface area (Å²) >= 11 is 0. The van der Waals surface area contributed by atoms with Gasteiger partial charge in [-0.1, -0.05) is 18.2 Å². The minimum absolute atomic E-state index is 0.135. The van der Waals surface area contributed by atoms with Crippen LogP contribution in [-0.2, 0) is 26.1 Å². The summed E-state index contributed by atoms with van der Waals surface area (Å²) in [6, 6.07) is 10.8. The van der Waals surface area contributed by atoms with Crippen LogP contribution in [0.15, 0.2) is 53.4 Å². The minimum atomic E-state index is -3.54. The van der Waals surface area contributed by atoms with Crippen molar-refractivity contribution in [2.24, 2.45) is 0 Å². The number of sulfonamides is 1. The Morgan fingerprint density at radius 3 is 2.53 bits per heavy atom. The lowest BCUT2D eigenvalue weighted by Crippen LogP contribution is -2.40. The fourth-order valence-electron chi connectivity index (χ4n) is 2.92. The molecule has 2 aromatic rings. The number of nitrogens with one attached hydrogen (secondary N) is 1. The number of carbonyl (C=O) groups excluding carboxylic acids is 1. The SMILES string of the molecule is COc1ccc(C=CC(=O)NCc2ccc(S(=O)(=O)N3CCOCC3)cc2)cc1F. The smallest absolute Gasteiger partial charge is 0.244 e. The second-order valence-corrected chi connectivity index (χ2v) is 8.54. The van der Waals surface area contributed by atoms with Crippen molar-refractivity contribution in [1.29, 1.82) is 0 Å². The van der Waals surface area contributed by atoms with Gasteiger partial charge in [-0.25, -0.2) is 12.8 Å². The third-order valence-corrected chi connectivity index (χ3v) is 6.51. The lowest BCUT2D eigenvalue weighted by molar-refractivity contribution is -0.116. The molecule has 1 N–H and O–H groups in total. The zero-order valence-electron chi connectivity index (χ0n) is 16.5. The number of hydrogen-bond donors (Lipinski definition) is 1. The van der Waals surface area contributed by atoms with E-state index >= 15 is 0 Å². The summed E-state index contributed by atoms with van der Waals surface area (Å²) in [5.41, 5.74) is 1.29. The largest absolute Gasteiger partial charge is 0.494 e. The second kappa shape index (κ2) is 9.84. The molecule has 0 bridgehead atoms. The predicted molar refractivity (Wildman–Crippen MR) is 110 cm³/mol. The summed E-state index contributed by atoms with van der Waals surface area (Å²) in [7, 11) is -2.16.